The molecule has 2 bridgehead atoms. The first-order chi connectivity index (χ1) is 11.7. The summed E-state index contributed by atoms with van der Waals surface area (Å²) in [5.74, 6) is 0. The van der Waals surface area contributed by atoms with Gasteiger partial charge in [-0.05, 0) is 41.7 Å². The van der Waals surface area contributed by atoms with Gasteiger partial charge in [0.05, 0.1) is 19.3 Å². The van der Waals surface area contributed by atoms with E-state index in [9.17, 15) is 0 Å². The van der Waals surface area contributed by atoms with Gasteiger partial charge in [0.15, 0.2) is 0 Å². The molecule has 2 heterocycles. The lowest BCUT2D eigenvalue weighted by molar-refractivity contribution is -0.0402. The van der Waals surface area contributed by atoms with Gasteiger partial charge in [-0.2, -0.15) is 0 Å². The van der Waals surface area contributed by atoms with Crippen molar-refractivity contribution >= 4 is 17.2 Å². The summed E-state index contributed by atoms with van der Waals surface area (Å²) in [7, 11) is 0. The van der Waals surface area contributed by atoms with Crippen LogP contribution in [0.5, 0.6) is 0 Å². The molecule has 4 rings (SSSR count). The first kappa shape index (κ1) is 15.9. The minimum atomic E-state index is 0.351. The number of hydrogen-bond acceptors (Lipinski definition) is 2. The topological polar surface area (TPSA) is 12.5 Å². The van der Waals surface area contributed by atoms with Crippen LogP contribution in [0, 0.1) is 6.92 Å². The fraction of sp³-hybridized carbons (Fsp3) is 0.333. The Balaban J connectivity index is 1.61. The Bertz CT molecular complexity index is 756. The van der Waals surface area contributed by atoms with Crippen molar-refractivity contribution in [3.8, 4) is 0 Å². The molecule has 2 aliphatic heterocycles. The largest absolute Gasteiger partial charge is 0.378 e. The molecule has 0 amide bonds. The number of nitrogens with zero attached hydrogens (tertiary/aromatic N) is 1. The number of hydrogen-bond donors (Lipinski definition) is 0. The molecule has 2 aromatic rings. The molecule has 124 valence electrons. The number of rotatable bonds is 3. The molecule has 2 atom stereocenters. The highest BCUT2D eigenvalue weighted by molar-refractivity contribution is 6.31. The zero-order valence-corrected chi connectivity index (χ0v) is 14.7. The van der Waals surface area contributed by atoms with Crippen molar-refractivity contribution in [2.75, 3.05) is 13.2 Å². The van der Waals surface area contributed by atoms with Crippen LogP contribution < -0.4 is 0 Å². The third-order valence-electron chi connectivity index (χ3n) is 5.08. The Labute approximate surface area is 148 Å². The van der Waals surface area contributed by atoms with Crippen LogP contribution in [0.15, 0.2) is 54.6 Å². The van der Waals surface area contributed by atoms with Crippen molar-refractivity contribution in [1.82, 2.24) is 4.90 Å². The van der Waals surface area contributed by atoms with Gasteiger partial charge in [0.25, 0.3) is 0 Å². The van der Waals surface area contributed by atoms with Crippen LogP contribution in [0.3, 0.4) is 0 Å². The molecule has 0 N–H and O–H groups in total. The first-order valence-corrected chi connectivity index (χ1v) is 8.93. The van der Waals surface area contributed by atoms with Gasteiger partial charge in [0.2, 0.25) is 0 Å². The highest BCUT2D eigenvalue weighted by atomic mass is 35.5. The molecular formula is C21H22ClNO. The minimum absolute atomic E-state index is 0.351. The molecule has 3 heteroatoms. The molecule has 2 aliphatic rings. The number of aryl methyl sites for hydroxylation is 1. The Kier molecular flexibility index (Phi) is 4.45. The summed E-state index contributed by atoms with van der Waals surface area (Å²) in [5, 5.41) is 0.837. The van der Waals surface area contributed by atoms with Crippen LogP contribution in [0.25, 0.3) is 5.57 Å². The highest BCUT2D eigenvalue weighted by Gasteiger charge is 2.34. The van der Waals surface area contributed by atoms with Crippen LogP contribution in [0.1, 0.15) is 23.1 Å². The van der Waals surface area contributed by atoms with E-state index in [-0.39, 0.29) is 0 Å². The Morgan fingerprint density at radius 1 is 1.12 bits per heavy atom. The van der Waals surface area contributed by atoms with Crippen molar-refractivity contribution in [1.29, 1.82) is 0 Å². The highest BCUT2D eigenvalue weighted by Crippen LogP contribution is 2.34. The summed E-state index contributed by atoms with van der Waals surface area (Å²) in [6.07, 6.45) is 3.42. The molecule has 0 saturated carbocycles. The van der Waals surface area contributed by atoms with E-state index in [1.165, 1.54) is 16.7 Å². The maximum absolute atomic E-state index is 6.18. The lowest BCUT2D eigenvalue weighted by Gasteiger charge is -2.45. The maximum atomic E-state index is 6.18. The van der Waals surface area contributed by atoms with Crippen molar-refractivity contribution in [2.24, 2.45) is 0 Å². The molecule has 1 fully saturated rings. The van der Waals surface area contributed by atoms with Gasteiger partial charge in [-0.15, -0.1) is 0 Å². The molecule has 2 unspecified atom stereocenters. The summed E-state index contributed by atoms with van der Waals surface area (Å²) < 4.78 is 5.82. The number of halogens is 1. The van der Waals surface area contributed by atoms with E-state index in [1.54, 1.807) is 0 Å². The second-order valence-electron chi connectivity index (χ2n) is 6.78. The number of fused-ring (bicyclic) bond motifs is 2. The zero-order valence-electron chi connectivity index (χ0n) is 13.9. The van der Waals surface area contributed by atoms with Crippen molar-refractivity contribution < 1.29 is 4.74 Å². The third-order valence-corrected chi connectivity index (χ3v) is 5.50. The van der Waals surface area contributed by atoms with Crippen LogP contribution in [0.2, 0.25) is 5.02 Å². The fourth-order valence-corrected chi connectivity index (χ4v) is 3.88. The van der Waals surface area contributed by atoms with Crippen LogP contribution in [-0.4, -0.2) is 30.2 Å². The van der Waals surface area contributed by atoms with Gasteiger partial charge in [-0.25, -0.2) is 0 Å². The normalized spacial score (nSPS) is 23.8. The lowest BCUT2D eigenvalue weighted by atomic mass is 9.89. The monoisotopic (exact) mass is 339 g/mol. The van der Waals surface area contributed by atoms with Gasteiger partial charge in [0.1, 0.15) is 0 Å². The van der Waals surface area contributed by atoms with Gasteiger partial charge in [0, 0.05) is 17.6 Å². The molecule has 0 spiro atoms. The maximum Gasteiger partial charge on any atom is 0.0658 e. The predicted octanol–water partition coefficient (Wildman–Crippen LogP) is 4.71. The second kappa shape index (κ2) is 6.72. The van der Waals surface area contributed by atoms with Crippen molar-refractivity contribution in [2.45, 2.75) is 32.0 Å². The van der Waals surface area contributed by atoms with Crippen molar-refractivity contribution in [3.63, 3.8) is 0 Å². The molecule has 2 nitrogen and oxygen atoms in total. The summed E-state index contributed by atoms with van der Waals surface area (Å²) in [5.41, 5.74) is 5.24. The molecule has 0 aliphatic carbocycles. The quantitative estimate of drug-likeness (QED) is 0.803. The Hall–Kier alpha value is -1.61. The van der Waals surface area contributed by atoms with Gasteiger partial charge >= 0.3 is 0 Å². The minimum Gasteiger partial charge on any atom is -0.378 e. The molecule has 0 aromatic heterocycles. The van der Waals surface area contributed by atoms with E-state index >= 15 is 0 Å². The Morgan fingerprint density at radius 2 is 1.96 bits per heavy atom. The average molecular weight is 340 g/mol. The van der Waals surface area contributed by atoms with E-state index in [2.05, 4.69) is 60.4 Å². The number of benzene rings is 2. The van der Waals surface area contributed by atoms with Crippen LogP contribution in [-0.2, 0) is 11.3 Å². The molecule has 1 saturated heterocycles. The van der Waals surface area contributed by atoms with Gasteiger partial charge < -0.3 is 4.74 Å². The Morgan fingerprint density at radius 3 is 2.71 bits per heavy atom. The summed E-state index contributed by atoms with van der Waals surface area (Å²) in [4.78, 5) is 2.59. The number of ether oxygens (including phenoxy) is 1. The lowest BCUT2D eigenvalue weighted by Crippen LogP contribution is -2.53. The summed E-state index contributed by atoms with van der Waals surface area (Å²) in [6, 6.07) is 17.9. The van der Waals surface area contributed by atoms with Crippen molar-refractivity contribution in [3.05, 3.63) is 76.3 Å². The molecule has 24 heavy (non-hydrogen) atoms. The molecular weight excluding hydrogens is 318 g/mol. The van der Waals surface area contributed by atoms with Crippen LogP contribution >= 0.6 is 11.6 Å². The summed E-state index contributed by atoms with van der Waals surface area (Å²) in [6.45, 7) is 4.65. The van der Waals surface area contributed by atoms with E-state index in [1.807, 2.05) is 6.07 Å². The SMILES string of the molecule is Cc1cc(C2=CC3COCC(C2)N3Cc2ccccc2)ccc1Cl. The van der Waals surface area contributed by atoms with E-state index in [0.29, 0.717) is 12.1 Å². The second-order valence-corrected chi connectivity index (χ2v) is 7.18. The van der Waals surface area contributed by atoms with E-state index in [4.69, 9.17) is 16.3 Å². The molecule has 0 radical (unpaired) electrons. The zero-order chi connectivity index (χ0) is 16.5. The average Bonchev–Trinajstić information content (AvgIpc) is 2.58. The smallest absolute Gasteiger partial charge is 0.0658 e. The fourth-order valence-electron chi connectivity index (χ4n) is 3.76. The van der Waals surface area contributed by atoms with Gasteiger partial charge in [-0.3, -0.25) is 4.90 Å². The number of morpholine rings is 1. The standard InChI is InChI=1S/C21H22ClNO/c1-15-9-17(7-8-21(15)22)18-10-19-13-24-14-20(11-18)23(19)12-16-5-3-2-4-6-16/h2-10,19-20H,11-14H2,1H3. The predicted molar refractivity (Wildman–Crippen MR) is 99.2 cm³/mol. The van der Waals surface area contributed by atoms with Gasteiger partial charge in [-0.1, -0.05) is 60.1 Å². The summed E-state index contributed by atoms with van der Waals surface area (Å²) >= 11 is 6.18. The van der Waals surface area contributed by atoms with E-state index in [0.717, 1.165) is 36.8 Å². The van der Waals surface area contributed by atoms with E-state index < -0.39 is 0 Å². The molecule has 2 aromatic carbocycles. The third kappa shape index (κ3) is 3.14. The van der Waals surface area contributed by atoms with Crippen LogP contribution in [0.4, 0.5) is 0 Å². The first-order valence-electron chi connectivity index (χ1n) is 8.55.